The number of alkyl halides is 6. The maximum absolute atomic E-state index is 13.3. The van der Waals surface area contributed by atoms with Crippen LogP contribution >= 0.6 is 11.3 Å². The van der Waals surface area contributed by atoms with Gasteiger partial charge in [0.25, 0.3) is 0 Å². The molecule has 228 valence electrons. The standard InChI is InChI=1S/C27H34F6N4O3S/c28-26(29,30)21-12-22(27(31,32)33)37(35-21)13-23(38)36-10-8-17(9-11-36)24-34-20(16-41-24)25-39-14-18-6-4-2-1-3-5-7-19(18)15-40-25/h12,16-19,25H,1-11,13-15H2. The molecule has 0 spiro atoms. The molecule has 4 heterocycles. The summed E-state index contributed by atoms with van der Waals surface area (Å²) in [6.07, 6.45) is -0.995. The molecule has 2 aromatic heterocycles. The van der Waals surface area contributed by atoms with Crippen LogP contribution in [0.1, 0.15) is 92.1 Å². The molecular weight excluding hydrogens is 574 g/mol. The molecule has 2 saturated heterocycles. The molecule has 0 N–H and O–H groups in total. The number of piperidine rings is 1. The summed E-state index contributed by atoms with van der Waals surface area (Å²) in [6, 6.07) is -0.0702. The van der Waals surface area contributed by atoms with Gasteiger partial charge in [0.15, 0.2) is 5.69 Å². The van der Waals surface area contributed by atoms with E-state index in [1.165, 1.54) is 48.3 Å². The highest BCUT2D eigenvalue weighted by Crippen LogP contribution is 2.38. The second kappa shape index (κ2) is 12.6. The molecule has 0 aromatic carbocycles. The zero-order valence-corrected chi connectivity index (χ0v) is 23.4. The van der Waals surface area contributed by atoms with E-state index >= 15 is 0 Å². The summed E-state index contributed by atoms with van der Waals surface area (Å²) in [6.45, 7) is 0.897. The van der Waals surface area contributed by atoms with E-state index < -0.39 is 42.5 Å². The minimum Gasteiger partial charge on any atom is -0.347 e. The summed E-state index contributed by atoms with van der Waals surface area (Å²) in [7, 11) is 0. The molecule has 0 bridgehead atoms. The van der Waals surface area contributed by atoms with Gasteiger partial charge in [-0.15, -0.1) is 11.3 Å². The predicted molar refractivity (Wildman–Crippen MR) is 137 cm³/mol. The van der Waals surface area contributed by atoms with Crippen LogP contribution in [0.2, 0.25) is 0 Å². The Labute approximate surface area is 238 Å². The van der Waals surface area contributed by atoms with E-state index in [0.29, 0.717) is 37.9 Å². The highest BCUT2D eigenvalue weighted by Gasteiger charge is 2.42. The van der Waals surface area contributed by atoms with Gasteiger partial charge in [-0.1, -0.05) is 32.1 Å². The number of carbonyl (C=O) groups excluding carboxylic acids is 1. The maximum atomic E-state index is 13.3. The second-order valence-corrected chi connectivity index (χ2v) is 12.1. The summed E-state index contributed by atoms with van der Waals surface area (Å²) < 4.78 is 91.2. The highest BCUT2D eigenvalue weighted by molar-refractivity contribution is 7.09. The van der Waals surface area contributed by atoms with Crippen LogP contribution in [0.5, 0.6) is 0 Å². The third-order valence-corrected chi connectivity index (χ3v) is 9.39. The van der Waals surface area contributed by atoms with Crippen LogP contribution < -0.4 is 0 Å². The van der Waals surface area contributed by atoms with Gasteiger partial charge in [-0.3, -0.25) is 9.48 Å². The lowest BCUT2D eigenvalue weighted by Crippen LogP contribution is -2.40. The number of nitrogens with zero attached hydrogens (tertiary/aromatic N) is 4. The number of aromatic nitrogens is 3. The molecule has 14 heteroatoms. The normalized spacial score (nSPS) is 25.6. The van der Waals surface area contributed by atoms with Crippen molar-refractivity contribution >= 4 is 17.2 Å². The molecule has 41 heavy (non-hydrogen) atoms. The maximum Gasteiger partial charge on any atom is 0.435 e. The first-order chi connectivity index (χ1) is 19.5. The van der Waals surface area contributed by atoms with E-state index in [1.54, 1.807) is 0 Å². The molecule has 2 aliphatic heterocycles. The van der Waals surface area contributed by atoms with Crippen LogP contribution in [0, 0.1) is 11.8 Å². The van der Waals surface area contributed by atoms with Crippen molar-refractivity contribution in [3.05, 3.63) is 33.5 Å². The smallest absolute Gasteiger partial charge is 0.347 e. The van der Waals surface area contributed by atoms with Gasteiger partial charge in [0.2, 0.25) is 12.2 Å². The molecule has 3 fully saturated rings. The summed E-state index contributed by atoms with van der Waals surface area (Å²) in [5.41, 5.74) is -2.56. The number of thiazole rings is 1. The van der Waals surface area contributed by atoms with E-state index in [-0.39, 0.29) is 29.8 Å². The number of carbonyl (C=O) groups is 1. The molecule has 5 rings (SSSR count). The number of rotatable bonds is 4. The van der Waals surface area contributed by atoms with Crippen molar-refractivity contribution in [2.24, 2.45) is 11.8 Å². The van der Waals surface area contributed by atoms with Gasteiger partial charge < -0.3 is 14.4 Å². The first-order valence-corrected chi connectivity index (χ1v) is 15.1. The van der Waals surface area contributed by atoms with Crippen LogP contribution in [0.4, 0.5) is 26.3 Å². The number of amides is 1. The van der Waals surface area contributed by atoms with E-state index in [1.807, 2.05) is 5.38 Å². The number of fused-ring (bicyclic) bond motifs is 1. The average molecular weight is 609 g/mol. The predicted octanol–water partition coefficient (Wildman–Crippen LogP) is 6.81. The SMILES string of the molecule is O=C(Cn1nc(C(F)(F)F)cc1C(F)(F)F)N1CCC(c2nc(C3OCC4CCCCCCCC4CO3)cs2)CC1. The molecule has 2 atom stereocenters. The van der Waals surface area contributed by atoms with Crippen molar-refractivity contribution in [3.63, 3.8) is 0 Å². The number of hydrogen-bond donors (Lipinski definition) is 0. The Morgan fingerprint density at radius 3 is 2.10 bits per heavy atom. The molecular formula is C27H34F6N4O3S. The minimum atomic E-state index is -5.08. The highest BCUT2D eigenvalue weighted by atomic mass is 32.1. The van der Waals surface area contributed by atoms with Gasteiger partial charge in [-0.2, -0.15) is 31.4 Å². The average Bonchev–Trinajstić information content (AvgIpc) is 3.55. The number of likely N-dealkylation sites (tertiary alicyclic amines) is 1. The zero-order valence-electron chi connectivity index (χ0n) is 22.6. The fourth-order valence-electron chi connectivity index (χ4n) is 6.00. The molecule has 0 radical (unpaired) electrons. The van der Waals surface area contributed by atoms with Crippen molar-refractivity contribution in [1.29, 1.82) is 0 Å². The lowest BCUT2D eigenvalue weighted by Gasteiger charge is -2.31. The van der Waals surface area contributed by atoms with E-state index in [2.05, 4.69) is 5.10 Å². The summed E-state index contributed by atoms with van der Waals surface area (Å²) in [5.74, 6) is 0.322. The fourth-order valence-corrected chi connectivity index (χ4v) is 6.99. The first kappa shape index (κ1) is 30.3. The van der Waals surface area contributed by atoms with Crippen molar-refractivity contribution in [1.82, 2.24) is 19.7 Å². The monoisotopic (exact) mass is 608 g/mol. The molecule has 7 nitrogen and oxygen atoms in total. The van der Waals surface area contributed by atoms with Crippen LogP contribution in [-0.2, 0) is 33.2 Å². The topological polar surface area (TPSA) is 69.5 Å². The van der Waals surface area contributed by atoms with Crippen molar-refractivity contribution in [2.45, 2.75) is 88.9 Å². The van der Waals surface area contributed by atoms with E-state index in [0.717, 1.165) is 23.5 Å². The van der Waals surface area contributed by atoms with Crippen molar-refractivity contribution < 1.29 is 40.6 Å². The molecule has 1 saturated carbocycles. The molecule has 2 unspecified atom stereocenters. The van der Waals surface area contributed by atoms with Crippen LogP contribution in [0.25, 0.3) is 0 Å². The van der Waals surface area contributed by atoms with Gasteiger partial charge >= 0.3 is 12.4 Å². The summed E-state index contributed by atoms with van der Waals surface area (Å²) in [4.78, 5) is 18.9. The van der Waals surface area contributed by atoms with E-state index in [4.69, 9.17) is 14.5 Å². The lowest BCUT2D eigenvalue weighted by atomic mass is 9.86. The number of halogens is 6. The largest absolute Gasteiger partial charge is 0.435 e. The van der Waals surface area contributed by atoms with Gasteiger partial charge in [0, 0.05) is 30.5 Å². The molecule has 1 amide bonds. The third kappa shape index (κ3) is 7.42. The summed E-state index contributed by atoms with van der Waals surface area (Å²) >= 11 is 1.49. The molecule has 2 aromatic rings. The quantitative estimate of drug-likeness (QED) is 0.357. The second-order valence-electron chi connectivity index (χ2n) is 11.2. The van der Waals surface area contributed by atoms with Gasteiger partial charge in [-0.25, -0.2) is 4.98 Å². The van der Waals surface area contributed by atoms with Crippen LogP contribution in [0.15, 0.2) is 11.4 Å². The Hall–Kier alpha value is -2.19. The Balaban J connectivity index is 1.16. The Kier molecular flexibility index (Phi) is 9.29. The van der Waals surface area contributed by atoms with Gasteiger partial charge in [0.1, 0.15) is 17.9 Å². The van der Waals surface area contributed by atoms with Crippen molar-refractivity contribution in [2.75, 3.05) is 26.3 Å². The van der Waals surface area contributed by atoms with Gasteiger partial charge in [-0.05, 0) is 37.5 Å². The lowest BCUT2D eigenvalue weighted by molar-refractivity contribution is -0.146. The summed E-state index contributed by atoms with van der Waals surface area (Å²) in [5, 5.41) is 5.85. The number of hydrogen-bond acceptors (Lipinski definition) is 6. The minimum absolute atomic E-state index is 0.0502. The first-order valence-electron chi connectivity index (χ1n) is 14.2. The number of ether oxygens (including phenoxy) is 2. The zero-order chi connectivity index (χ0) is 29.2. The third-order valence-electron chi connectivity index (χ3n) is 8.36. The van der Waals surface area contributed by atoms with E-state index in [9.17, 15) is 31.1 Å². The Morgan fingerprint density at radius 2 is 1.51 bits per heavy atom. The Bertz CT molecular complexity index is 1160. The molecule has 1 aliphatic carbocycles. The van der Waals surface area contributed by atoms with Crippen molar-refractivity contribution in [3.8, 4) is 0 Å². The fraction of sp³-hybridized carbons (Fsp3) is 0.741. The Morgan fingerprint density at radius 1 is 0.902 bits per heavy atom. The molecule has 3 aliphatic rings. The van der Waals surface area contributed by atoms with Crippen LogP contribution in [-0.4, -0.2) is 51.9 Å². The van der Waals surface area contributed by atoms with Gasteiger partial charge in [0.05, 0.1) is 18.2 Å². The van der Waals surface area contributed by atoms with Crippen LogP contribution in [0.3, 0.4) is 0 Å².